The van der Waals surface area contributed by atoms with E-state index >= 15 is 0 Å². The summed E-state index contributed by atoms with van der Waals surface area (Å²) in [6.45, 7) is 3.33. The predicted octanol–water partition coefficient (Wildman–Crippen LogP) is 4.18. The van der Waals surface area contributed by atoms with Gasteiger partial charge in [0.15, 0.2) is 11.5 Å². The number of hydrogen-bond donors (Lipinski definition) is 0. The molecule has 5 nitrogen and oxygen atoms in total. The average Bonchev–Trinajstić information content (AvgIpc) is 3.16. The van der Waals surface area contributed by atoms with Gasteiger partial charge < -0.3 is 9.42 Å². The summed E-state index contributed by atoms with van der Waals surface area (Å²) in [5, 5.41) is 3.98. The van der Waals surface area contributed by atoms with Gasteiger partial charge in [-0.1, -0.05) is 48.8 Å². The summed E-state index contributed by atoms with van der Waals surface area (Å²) in [7, 11) is 0. The topological polar surface area (TPSA) is 59.2 Å². The van der Waals surface area contributed by atoms with Crippen molar-refractivity contribution in [1.29, 1.82) is 0 Å². The zero-order chi connectivity index (χ0) is 17.5. The van der Waals surface area contributed by atoms with E-state index in [9.17, 15) is 4.79 Å². The maximum atomic E-state index is 12.9. The second-order valence-electron chi connectivity index (χ2n) is 5.88. The van der Waals surface area contributed by atoms with Crippen LogP contribution in [0.25, 0.3) is 11.3 Å². The third kappa shape index (κ3) is 4.32. The number of nitrogens with zero attached hydrogens (tertiary/aromatic N) is 3. The quantitative estimate of drug-likeness (QED) is 0.650. The minimum Gasteiger partial charge on any atom is -0.355 e. The third-order valence-corrected chi connectivity index (χ3v) is 3.98. The van der Waals surface area contributed by atoms with Gasteiger partial charge in [-0.3, -0.25) is 9.78 Å². The van der Waals surface area contributed by atoms with Crippen molar-refractivity contribution < 1.29 is 9.32 Å². The molecule has 25 heavy (non-hydrogen) atoms. The van der Waals surface area contributed by atoms with Gasteiger partial charge in [0.2, 0.25) is 0 Å². The standard InChI is InChI=1S/C20H21N3O2/c1-2-3-13-23(15-16-9-11-21-12-10-16)20(24)18-14-19(25-22-18)17-7-5-4-6-8-17/h4-12,14H,2-3,13,15H2,1H3. The van der Waals surface area contributed by atoms with Gasteiger partial charge in [0.05, 0.1) is 0 Å². The second-order valence-corrected chi connectivity index (χ2v) is 5.88. The molecule has 3 rings (SSSR count). The second kappa shape index (κ2) is 8.24. The van der Waals surface area contributed by atoms with Crippen LogP contribution in [0.2, 0.25) is 0 Å². The summed E-state index contributed by atoms with van der Waals surface area (Å²) in [6, 6.07) is 15.2. The number of amides is 1. The molecule has 0 aliphatic rings. The normalized spacial score (nSPS) is 10.6. The number of carbonyl (C=O) groups excluding carboxylic acids is 1. The molecule has 0 radical (unpaired) electrons. The maximum Gasteiger partial charge on any atom is 0.276 e. The Kier molecular flexibility index (Phi) is 5.57. The van der Waals surface area contributed by atoms with Gasteiger partial charge in [0.25, 0.3) is 5.91 Å². The summed E-state index contributed by atoms with van der Waals surface area (Å²) < 4.78 is 5.37. The Balaban J connectivity index is 1.78. The Labute approximate surface area is 147 Å². The van der Waals surface area contributed by atoms with Crippen LogP contribution in [0.1, 0.15) is 35.8 Å². The van der Waals surface area contributed by atoms with Crippen molar-refractivity contribution in [3.05, 3.63) is 72.2 Å². The highest BCUT2D eigenvalue weighted by atomic mass is 16.5. The highest BCUT2D eigenvalue weighted by Crippen LogP contribution is 2.21. The van der Waals surface area contributed by atoms with Crippen molar-refractivity contribution in [3.63, 3.8) is 0 Å². The molecule has 5 heteroatoms. The lowest BCUT2D eigenvalue weighted by molar-refractivity contribution is 0.0730. The van der Waals surface area contributed by atoms with Gasteiger partial charge in [-0.15, -0.1) is 0 Å². The maximum absolute atomic E-state index is 12.9. The minimum atomic E-state index is -0.115. The molecule has 2 aromatic heterocycles. The van der Waals surface area contributed by atoms with E-state index in [1.807, 2.05) is 47.4 Å². The van der Waals surface area contributed by atoms with Crippen molar-refractivity contribution in [1.82, 2.24) is 15.0 Å². The first-order valence-corrected chi connectivity index (χ1v) is 8.48. The van der Waals surface area contributed by atoms with Crippen LogP contribution in [0.5, 0.6) is 0 Å². The first kappa shape index (κ1) is 16.9. The van der Waals surface area contributed by atoms with Gasteiger partial charge >= 0.3 is 0 Å². The Morgan fingerprint density at radius 1 is 1.12 bits per heavy atom. The van der Waals surface area contributed by atoms with Gasteiger partial charge in [-0.2, -0.15) is 0 Å². The minimum absolute atomic E-state index is 0.115. The molecule has 0 bridgehead atoms. The van der Waals surface area contributed by atoms with E-state index in [4.69, 9.17) is 4.52 Å². The van der Waals surface area contributed by atoms with Gasteiger partial charge in [0.1, 0.15) is 0 Å². The molecule has 2 heterocycles. The van der Waals surface area contributed by atoms with E-state index in [2.05, 4.69) is 17.1 Å². The fraction of sp³-hybridized carbons (Fsp3) is 0.250. The zero-order valence-electron chi connectivity index (χ0n) is 14.3. The Morgan fingerprint density at radius 2 is 1.88 bits per heavy atom. The Morgan fingerprint density at radius 3 is 2.60 bits per heavy atom. The molecule has 0 fully saturated rings. The number of benzene rings is 1. The molecule has 0 spiro atoms. The first-order valence-electron chi connectivity index (χ1n) is 8.48. The lowest BCUT2D eigenvalue weighted by Crippen LogP contribution is -2.31. The number of pyridine rings is 1. The fourth-order valence-corrected chi connectivity index (χ4v) is 2.59. The SMILES string of the molecule is CCCCN(Cc1ccncc1)C(=O)c1cc(-c2ccccc2)on1. The van der Waals surface area contributed by atoms with Crippen LogP contribution in [0, 0.1) is 0 Å². The van der Waals surface area contributed by atoms with Crippen LogP contribution in [0.3, 0.4) is 0 Å². The summed E-state index contributed by atoms with van der Waals surface area (Å²) in [4.78, 5) is 18.7. The van der Waals surface area contributed by atoms with Gasteiger partial charge in [-0.25, -0.2) is 0 Å². The van der Waals surface area contributed by atoms with Crippen molar-refractivity contribution in [2.75, 3.05) is 6.54 Å². The number of rotatable bonds is 7. The molecule has 0 aliphatic heterocycles. The third-order valence-electron chi connectivity index (χ3n) is 3.98. The number of unbranched alkanes of at least 4 members (excludes halogenated alkanes) is 1. The molecular formula is C20H21N3O2. The van der Waals surface area contributed by atoms with Crippen LogP contribution in [-0.4, -0.2) is 27.5 Å². The molecule has 0 atom stereocenters. The van der Waals surface area contributed by atoms with Crippen molar-refractivity contribution in [2.24, 2.45) is 0 Å². The van der Waals surface area contributed by atoms with Crippen molar-refractivity contribution in [3.8, 4) is 11.3 Å². The van der Waals surface area contributed by atoms with Crippen LogP contribution in [-0.2, 0) is 6.54 Å². The number of carbonyl (C=O) groups is 1. The Bertz CT molecular complexity index is 800. The van der Waals surface area contributed by atoms with Crippen molar-refractivity contribution in [2.45, 2.75) is 26.3 Å². The molecule has 0 N–H and O–H groups in total. The van der Waals surface area contributed by atoms with E-state index in [-0.39, 0.29) is 5.91 Å². The van der Waals surface area contributed by atoms with Crippen LogP contribution in [0.4, 0.5) is 0 Å². The summed E-state index contributed by atoms with van der Waals surface area (Å²) in [5.41, 5.74) is 2.29. The fourth-order valence-electron chi connectivity index (χ4n) is 2.59. The van der Waals surface area contributed by atoms with E-state index in [0.29, 0.717) is 24.5 Å². The lowest BCUT2D eigenvalue weighted by Gasteiger charge is -2.21. The highest BCUT2D eigenvalue weighted by molar-refractivity contribution is 5.93. The molecule has 128 valence electrons. The van der Waals surface area contributed by atoms with E-state index in [1.165, 1.54) is 0 Å². The molecular weight excluding hydrogens is 314 g/mol. The van der Waals surface area contributed by atoms with Gasteiger partial charge in [-0.05, 0) is 24.1 Å². The number of aromatic nitrogens is 2. The van der Waals surface area contributed by atoms with E-state index in [1.54, 1.807) is 18.5 Å². The molecule has 0 aliphatic carbocycles. The lowest BCUT2D eigenvalue weighted by atomic mass is 10.1. The molecule has 3 aromatic rings. The highest BCUT2D eigenvalue weighted by Gasteiger charge is 2.20. The largest absolute Gasteiger partial charge is 0.355 e. The zero-order valence-corrected chi connectivity index (χ0v) is 14.3. The smallest absolute Gasteiger partial charge is 0.276 e. The molecule has 1 amide bonds. The van der Waals surface area contributed by atoms with Gasteiger partial charge in [0, 0.05) is 37.1 Å². The van der Waals surface area contributed by atoms with Crippen LogP contribution >= 0.6 is 0 Å². The Hall–Kier alpha value is -2.95. The van der Waals surface area contributed by atoms with E-state index < -0.39 is 0 Å². The molecule has 1 aromatic carbocycles. The summed E-state index contributed by atoms with van der Waals surface area (Å²) in [6.07, 6.45) is 5.44. The summed E-state index contributed by atoms with van der Waals surface area (Å²) >= 11 is 0. The first-order chi connectivity index (χ1) is 12.3. The molecule has 0 unspecified atom stereocenters. The van der Waals surface area contributed by atoms with Crippen LogP contribution in [0.15, 0.2) is 65.4 Å². The monoisotopic (exact) mass is 335 g/mol. The molecule has 0 saturated heterocycles. The molecule has 0 saturated carbocycles. The van der Waals surface area contributed by atoms with E-state index in [0.717, 1.165) is 24.0 Å². The number of hydrogen-bond acceptors (Lipinski definition) is 4. The average molecular weight is 335 g/mol. The van der Waals surface area contributed by atoms with Crippen LogP contribution < -0.4 is 0 Å². The predicted molar refractivity (Wildman–Crippen MR) is 95.8 cm³/mol. The summed E-state index contributed by atoms with van der Waals surface area (Å²) in [5.74, 6) is 0.486. The van der Waals surface area contributed by atoms with Crippen molar-refractivity contribution >= 4 is 5.91 Å².